The molecule has 28 heavy (non-hydrogen) atoms. The van der Waals surface area contributed by atoms with Crippen molar-refractivity contribution in [1.29, 1.82) is 0 Å². The summed E-state index contributed by atoms with van der Waals surface area (Å²) in [5, 5.41) is 11.0. The van der Waals surface area contributed by atoms with Crippen LogP contribution >= 0.6 is 0 Å². The van der Waals surface area contributed by atoms with E-state index in [1.54, 1.807) is 4.72 Å². The zero-order valence-electron chi connectivity index (χ0n) is 14.2. The Balaban J connectivity index is 2.36. The van der Waals surface area contributed by atoms with E-state index in [4.69, 9.17) is 0 Å². The molecule has 0 unspecified atom stereocenters. The highest BCUT2D eigenvalue weighted by atomic mass is 32.2. The number of amides is 1. The van der Waals surface area contributed by atoms with Gasteiger partial charge in [0.1, 0.15) is 5.75 Å². The fourth-order valence-electron chi connectivity index (χ4n) is 2.16. The Morgan fingerprint density at radius 3 is 2.46 bits per heavy atom. The maximum atomic E-state index is 12.4. The van der Waals surface area contributed by atoms with E-state index in [2.05, 4.69) is 4.74 Å². The summed E-state index contributed by atoms with van der Waals surface area (Å²) >= 11 is 0. The van der Waals surface area contributed by atoms with Crippen LogP contribution in [0.2, 0.25) is 0 Å². The van der Waals surface area contributed by atoms with Crippen LogP contribution in [-0.4, -0.2) is 32.0 Å². The van der Waals surface area contributed by atoms with Crippen molar-refractivity contribution in [3.05, 3.63) is 63.7 Å². The number of para-hydroxylation sites is 1. The molecule has 0 atom stereocenters. The van der Waals surface area contributed by atoms with Crippen LogP contribution in [0.5, 0.6) is 5.75 Å². The quantitative estimate of drug-likeness (QED) is 0.570. The molecule has 0 fully saturated rings. The number of ether oxygens (including phenoxy) is 1. The molecule has 0 aliphatic rings. The first-order chi connectivity index (χ1) is 12.9. The molecule has 0 aromatic heterocycles. The minimum absolute atomic E-state index is 0.468. The number of nitro groups is 1. The fourth-order valence-corrected chi connectivity index (χ4v) is 3.30. The summed E-state index contributed by atoms with van der Waals surface area (Å²) in [6.45, 7) is -0.153. The van der Waals surface area contributed by atoms with E-state index in [1.165, 1.54) is 25.1 Å². The summed E-state index contributed by atoms with van der Waals surface area (Å²) in [7, 11) is -4.67. The first kappa shape index (κ1) is 21.2. The average molecular weight is 418 g/mol. The van der Waals surface area contributed by atoms with E-state index in [9.17, 15) is 36.5 Å². The van der Waals surface area contributed by atoms with Gasteiger partial charge in [-0.25, -0.2) is 13.1 Å². The van der Waals surface area contributed by atoms with Gasteiger partial charge in [-0.2, -0.15) is 13.2 Å². The molecule has 0 aliphatic heterocycles. The van der Waals surface area contributed by atoms with Crippen molar-refractivity contribution >= 4 is 21.6 Å². The third-order valence-corrected chi connectivity index (χ3v) is 4.73. The minimum Gasteiger partial charge on any atom is -0.483 e. The zero-order valence-corrected chi connectivity index (χ0v) is 15.0. The molecule has 1 amide bonds. The van der Waals surface area contributed by atoms with Crippen LogP contribution in [0.1, 0.15) is 15.9 Å². The smallest absolute Gasteiger partial charge is 0.422 e. The highest BCUT2D eigenvalue weighted by Crippen LogP contribution is 2.26. The van der Waals surface area contributed by atoms with Gasteiger partial charge in [-0.05, 0) is 30.7 Å². The lowest BCUT2D eigenvalue weighted by atomic mass is 10.1. The van der Waals surface area contributed by atoms with Gasteiger partial charge in [0.05, 0.1) is 10.5 Å². The minimum atomic E-state index is -4.67. The second-order valence-corrected chi connectivity index (χ2v) is 7.21. The third kappa shape index (κ3) is 5.19. The Kier molecular flexibility index (Phi) is 5.92. The zero-order chi connectivity index (χ0) is 21.1. The molecule has 0 bridgehead atoms. The van der Waals surface area contributed by atoms with Crippen LogP contribution in [0.4, 0.5) is 18.9 Å². The van der Waals surface area contributed by atoms with Crippen LogP contribution in [0.25, 0.3) is 0 Å². The number of halogens is 3. The van der Waals surface area contributed by atoms with Crippen molar-refractivity contribution in [1.82, 2.24) is 4.72 Å². The van der Waals surface area contributed by atoms with Gasteiger partial charge >= 0.3 is 6.18 Å². The van der Waals surface area contributed by atoms with Gasteiger partial charge in [0.25, 0.3) is 21.6 Å². The van der Waals surface area contributed by atoms with Gasteiger partial charge in [-0.15, -0.1) is 0 Å². The van der Waals surface area contributed by atoms with E-state index in [1.807, 2.05) is 0 Å². The first-order valence-corrected chi connectivity index (χ1v) is 9.00. The molecule has 0 aliphatic carbocycles. The summed E-state index contributed by atoms with van der Waals surface area (Å²) in [6.07, 6.45) is -4.67. The molecular weight excluding hydrogens is 405 g/mol. The van der Waals surface area contributed by atoms with Crippen molar-refractivity contribution in [2.45, 2.75) is 18.0 Å². The number of carbonyl (C=O) groups is 1. The number of nitrogens with zero attached hydrogens (tertiary/aromatic N) is 1. The summed E-state index contributed by atoms with van der Waals surface area (Å²) < 4.78 is 68.2. The summed E-state index contributed by atoms with van der Waals surface area (Å²) in [4.78, 5) is 21.6. The Hall–Kier alpha value is -3.15. The van der Waals surface area contributed by atoms with E-state index in [0.717, 1.165) is 24.3 Å². The van der Waals surface area contributed by atoms with Crippen LogP contribution in [0.15, 0.2) is 47.4 Å². The Labute approximate surface area is 157 Å². The second kappa shape index (κ2) is 7.84. The highest BCUT2D eigenvalue weighted by molar-refractivity contribution is 7.90. The highest BCUT2D eigenvalue weighted by Gasteiger charge is 2.31. The molecule has 1 N–H and O–H groups in total. The maximum absolute atomic E-state index is 12.4. The van der Waals surface area contributed by atoms with Crippen molar-refractivity contribution in [3.63, 3.8) is 0 Å². The van der Waals surface area contributed by atoms with Crippen molar-refractivity contribution < 1.29 is 36.0 Å². The van der Waals surface area contributed by atoms with E-state index in [-0.39, 0.29) is 0 Å². The normalized spacial score (nSPS) is 11.7. The molecule has 2 aromatic carbocycles. The first-order valence-electron chi connectivity index (χ1n) is 7.51. The topological polar surface area (TPSA) is 116 Å². The number of hydrogen-bond acceptors (Lipinski definition) is 6. The molecule has 0 saturated carbocycles. The van der Waals surface area contributed by atoms with Crippen molar-refractivity contribution in [2.75, 3.05) is 6.61 Å². The molecule has 2 rings (SSSR count). The lowest BCUT2D eigenvalue weighted by Gasteiger charge is -2.14. The number of carbonyl (C=O) groups excluding carboxylic acids is 1. The molecule has 0 spiro atoms. The standard InChI is InChI=1S/C16H13F3N2O6S/c1-10-6-7-11(13(8-10)27-9-16(17,18)19)15(22)20-28(25,26)14-5-3-2-4-12(14)21(23)24/h2-8H,9H2,1H3,(H,20,22). The van der Waals surface area contributed by atoms with Crippen molar-refractivity contribution in [3.8, 4) is 5.75 Å². The van der Waals surface area contributed by atoms with Crippen LogP contribution in [0, 0.1) is 17.0 Å². The van der Waals surface area contributed by atoms with Gasteiger partial charge in [-0.3, -0.25) is 14.9 Å². The monoisotopic (exact) mass is 418 g/mol. The number of hydrogen-bond donors (Lipinski definition) is 1. The molecule has 2 aromatic rings. The predicted octanol–water partition coefficient (Wildman–Crippen LogP) is 2.96. The summed E-state index contributed by atoms with van der Waals surface area (Å²) in [5.74, 6) is -1.78. The molecular formula is C16H13F3N2O6S. The van der Waals surface area contributed by atoms with E-state index in [0.29, 0.717) is 5.56 Å². The average Bonchev–Trinajstić information content (AvgIpc) is 2.59. The SMILES string of the molecule is Cc1ccc(C(=O)NS(=O)(=O)c2ccccc2[N+](=O)[O-])c(OCC(F)(F)F)c1. The van der Waals surface area contributed by atoms with Gasteiger partial charge in [0.2, 0.25) is 0 Å². The number of nitro benzene ring substituents is 1. The van der Waals surface area contributed by atoms with E-state index < -0.39 is 55.5 Å². The Morgan fingerprint density at radius 1 is 1.21 bits per heavy atom. The maximum Gasteiger partial charge on any atom is 0.422 e. The summed E-state index contributed by atoms with van der Waals surface area (Å²) in [5.41, 5.74) is -0.771. The molecule has 8 nitrogen and oxygen atoms in total. The number of benzene rings is 2. The van der Waals surface area contributed by atoms with Crippen molar-refractivity contribution in [2.24, 2.45) is 0 Å². The van der Waals surface area contributed by atoms with E-state index >= 15 is 0 Å². The molecule has 12 heteroatoms. The lowest BCUT2D eigenvalue weighted by molar-refractivity contribution is -0.387. The van der Waals surface area contributed by atoms with Crippen LogP contribution in [0.3, 0.4) is 0 Å². The Bertz CT molecular complexity index is 1020. The predicted molar refractivity (Wildman–Crippen MR) is 90.5 cm³/mol. The van der Waals surface area contributed by atoms with Gasteiger partial charge < -0.3 is 4.74 Å². The van der Waals surface area contributed by atoms with Crippen LogP contribution in [-0.2, 0) is 10.0 Å². The number of nitrogens with one attached hydrogen (secondary N) is 1. The Morgan fingerprint density at radius 2 is 1.86 bits per heavy atom. The number of sulfonamides is 1. The fraction of sp³-hybridized carbons (Fsp3) is 0.188. The number of alkyl halides is 3. The van der Waals surface area contributed by atoms with Crippen LogP contribution < -0.4 is 9.46 Å². The van der Waals surface area contributed by atoms with Gasteiger partial charge in [0, 0.05) is 6.07 Å². The van der Waals surface area contributed by atoms with Gasteiger partial charge in [0.15, 0.2) is 11.5 Å². The molecule has 150 valence electrons. The molecule has 0 saturated heterocycles. The van der Waals surface area contributed by atoms with Gasteiger partial charge in [-0.1, -0.05) is 18.2 Å². The second-order valence-electron chi connectivity index (χ2n) is 5.56. The molecule has 0 heterocycles. The number of rotatable bonds is 6. The number of aryl methyl sites for hydroxylation is 1. The summed E-state index contributed by atoms with van der Waals surface area (Å²) in [6, 6.07) is 7.90. The lowest BCUT2D eigenvalue weighted by Crippen LogP contribution is -2.31. The largest absolute Gasteiger partial charge is 0.483 e. The third-order valence-electron chi connectivity index (χ3n) is 3.35. The molecule has 0 radical (unpaired) electrons.